The first kappa shape index (κ1) is 33.3. The SMILES string of the molecule is CCCCc1nn(-c2cc([N+](=O)[O-])ccc2Cl)c(=O)n1Cc1ccc(-c2ccccc2S(=O)(=O)NC(=O)OC(C)(C)C)cc1F. The number of amides is 1. The van der Waals surface area contributed by atoms with E-state index in [1.54, 1.807) is 26.8 Å². The first-order chi connectivity index (χ1) is 21.1. The second-order valence-electron chi connectivity index (χ2n) is 11.1. The van der Waals surface area contributed by atoms with Gasteiger partial charge in [-0.3, -0.25) is 14.7 Å². The van der Waals surface area contributed by atoms with Crippen molar-refractivity contribution in [3.63, 3.8) is 0 Å². The molecular weight excluding hydrogens is 629 g/mol. The van der Waals surface area contributed by atoms with Gasteiger partial charge in [0.1, 0.15) is 17.2 Å². The average molecular weight is 660 g/mol. The molecule has 0 unspecified atom stereocenters. The topological polar surface area (TPSA) is 155 Å². The van der Waals surface area contributed by atoms with Crippen molar-refractivity contribution in [3.8, 4) is 16.8 Å². The summed E-state index contributed by atoms with van der Waals surface area (Å²) >= 11 is 6.27. The summed E-state index contributed by atoms with van der Waals surface area (Å²) in [7, 11) is -4.39. The first-order valence-corrected chi connectivity index (χ1v) is 15.7. The first-order valence-electron chi connectivity index (χ1n) is 13.9. The van der Waals surface area contributed by atoms with Crippen LogP contribution in [0.4, 0.5) is 14.9 Å². The summed E-state index contributed by atoms with van der Waals surface area (Å²) in [6.07, 6.45) is 0.673. The Hall–Kier alpha value is -4.56. The molecule has 0 aliphatic heterocycles. The molecule has 0 radical (unpaired) electrons. The Morgan fingerprint density at radius 1 is 1.13 bits per heavy atom. The molecule has 4 rings (SSSR count). The average Bonchev–Trinajstić information content (AvgIpc) is 3.26. The third-order valence-corrected chi connectivity index (χ3v) is 8.24. The summed E-state index contributed by atoms with van der Waals surface area (Å²) in [4.78, 5) is 36.2. The Balaban J connectivity index is 1.71. The van der Waals surface area contributed by atoms with Gasteiger partial charge < -0.3 is 4.74 Å². The Kier molecular flexibility index (Phi) is 9.78. The largest absolute Gasteiger partial charge is 0.443 e. The molecule has 0 atom stereocenters. The third kappa shape index (κ3) is 7.75. The number of nitro benzene ring substituents is 1. The fourth-order valence-corrected chi connectivity index (χ4v) is 5.77. The van der Waals surface area contributed by atoms with Gasteiger partial charge in [0.25, 0.3) is 15.7 Å². The lowest BCUT2D eigenvalue weighted by molar-refractivity contribution is -0.384. The van der Waals surface area contributed by atoms with Crippen molar-refractivity contribution in [2.75, 3.05) is 0 Å². The van der Waals surface area contributed by atoms with Crippen LogP contribution in [-0.2, 0) is 27.7 Å². The monoisotopic (exact) mass is 659 g/mol. The lowest BCUT2D eigenvalue weighted by Gasteiger charge is -2.20. The molecule has 0 saturated carbocycles. The number of non-ortho nitro benzene ring substituents is 1. The fraction of sp³-hybridized carbons (Fsp3) is 0.300. The summed E-state index contributed by atoms with van der Waals surface area (Å²) in [6.45, 7) is 6.50. The van der Waals surface area contributed by atoms with Crippen LogP contribution in [0.1, 0.15) is 51.9 Å². The zero-order chi connectivity index (χ0) is 33.1. The number of hydrogen-bond donors (Lipinski definition) is 1. The number of hydrogen-bond acceptors (Lipinski definition) is 8. The lowest BCUT2D eigenvalue weighted by atomic mass is 10.0. The van der Waals surface area contributed by atoms with Crippen molar-refractivity contribution in [1.82, 2.24) is 19.1 Å². The summed E-state index contributed by atoms with van der Waals surface area (Å²) in [5.41, 5.74) is -1.42. The number of nitrogens with zero attached hydrogens (tertiary/aromatic N) is 4. The predicted molar refractivity (Wildman–Crippen MR) is 166 cm³/mol. The standard InChI is InChI=1S/C30H31ClFN5O7S/c1-5-6-11-27-33-36(25-17-21(37(40)41)14-15-23(25)31)29(39)35(27)18-20-13-12-19(16-24(20)32)22-9-7-8-10-26(22)45(42,43)34-28(38)44-30(2,3)4/h7-10,12-17H,5-6,11,18H2,1-4H3,(H,34,38). The van der Waals surface area contributed by atoms with E-state index in [0.717, 1.165) is 23.2 Å². The van der Waals surface area contributed by atoms with Crippen LogP contribution < -0.4 is 10.4 Å². The lowest BCUT2D eigenvalue weighted by Crippen LogP contribution is -2.36. The van der Waals surface area contributed by atoms with Gasteiger partial charge >= 0.3 is 11.8 Å². The molecule has 1 aromatic heterocycles. The van der Waals surface area contributed by atoms with Gasteiger partial charge in [-0.25, -0.2) is 27.1 Å². The number of halogens is 2. The Morgan fingerprint density at radius 2 is 1.84 bits per heavy atom. The number of carbonyl (C=O) groups excluding carboxylic acids is 1. The van der Waals surface area contributed by atoms with E-state index in [1.807, 2.05) is 11.6 Å². The van der Waals surface area contributed by atoms with E-state index in [9.17, 15) is 28.1 Å². The molecular formula is C30H31ClFN5O7S. The van der Waals surface area contributed by atoms with Crippen LogP contribution in [0.25, 0.3) is 16.8 Å². The van der Waals surface area contributed by atoms with Crippen LogP contribution in [0, 0.1) is 15.9 Å². The molecule has 45 heavy (non-hydrogen) atoms. The molecule has 0 spiro atoms. The number of ether oxygens (including phenoxy) is 1. The second-order valence-corrected chi connectivity index (χ2v) is 13.2. The van der Waals surface area contributed by atoms with E-state index in [0.29, 0.717) is 18.7 Å². The van der Waals surface area contributed by atoms with Crippen molar-refractivity contribution in [2.45, 2.75) is 64.0 Å². The number of benzene rings is 3. The number of aryl methyl sites for hydroxylation is 1. The minimum atomic E-state index is -4.39. The molecule has 15 heteroatoms. The number of nitrogens with one attached hydrogen (secondary N) is 1. The molecule has 238 valence electrons. The Morgan fingerprint density at radius 3 is 2.49 bits per heavy atom. The van der Waals surface area contributed by atoms with Crippen molar-refractivity contribution >= 4 is 33.4 Å². The normalized spacial score (nSPS) is 11.8. The zero-order valence-corrected chi connectivity index (χ0v) is 26.5. The van der Waals surface area contributed by atoms with Crippen LogP contribution in [0.3, 0.4) is 0 Å². The number of aromatic nitrogens is 3. The molecule has 0 bridgehead atoms. The minimum absolute atomic E-state index is 0.0148. The van der Waals surface area contributed by atoms with Crippen LogP contribution in [0.2, 0.25) is 5.02 Å². The quantitative estimate of drug-likeness (QED) is 0.160. The van der Waals surface area contributed by atoms with Gasteiger partial charge in [0.05, 0.1) is 27.1 Å². The molecule has 4 aromatic rings. The summed E-state index contributed by atoms with van der Waals surface area (Å²) in [6, 6.07) is 13.5. The molecule has 0 saturated heterocycles. The summed E-state index contributed by atoms with van der Waals surface area (Å²) < 4.78 is 51.0. The number of carbonyl (C=O) groups is 1. The number of unbranched alkanes of at least 4 members (excludes halogenated alkanes) is 1. The van der Waals surface area contributed by atoms with Gasteiger partial charge in [0.15, 0.2) is 0 Å². The zero-order valence-electron chi connectivity index (χ0n) is 24.9. The highest BCUT2D eigenvalue weighted by atomic mass is 35.5. The maximum atomic E-state index is 15.6. The van der Waals surface area contributed by atoms with E-state index in [2.05, 4.69) is 5.10 Å². The molecule has 1 amide bonds. The highest BCUT2D eigenvalue weighted by Crippen LogP contribution is 2.29. The van der Waals surface area contributed by atoms with Crippen molar-refractivity contribution in [3.05, 3.63) is 103 Å². The summed E-state index contributed by atoms with van der Waals surface area (Å²) in [5, 5.41) is 15.8. The molecule has 0 fully saturated rings. The molecule has 1 heterocycles. The molecule has 0 aliphatic rings. The maximum Gasteiger partial charge on any atom is 0.421 e. The highest BCUT2D eigenvalue weighted by molar-refractivity contribution is 7.90. The van der Waals surface area contributed by atoms with Gasteiger partial charge in [0.2, 0.25) is 0 Å². The van der Waals surface area contributed by atoms with E-state index < -0.39 is 38.1 Å². The van der Waals surface area contributed by atoms with Gasteiger partial charge in [-0.1, -0.05) is 55.3 Å². The van der Waals surface area contributed by atoms with Gasteiger partial charge in [-0.05, 0) is 51.0 Å². The number of rotatable bonds is 10. The van der Waals surface area contributed by atoms with Crippen LogP contribution in [0.5, 0.6) is 0 Å². The summed E-state index contributed by atoms with van der Waals surface area (Å²) in [5.74, 6) is -0.396. The third-order valence-electron chi connectivity index (χ3n) is 6.55. The van der Waals surface area contributed by atoms with Crippen LogP contribution in [-0.4, -0.2) is 39.4 Å². The van der Waals surface area contributed by atoms with Gasteiger partial charge in [-0.2, -0.15) is 4.68 Å². The minimum Gasteiger partial charge on any atom is -0.443 e. The van der Waals surface area contributed by atoms with Crippen molar-refractivity contribution in [1.29, 1.82) is 0 Å². The van der Waals surface area contributed by atoms with E-state index in [1.165, 1.54) is 47.0 Å². The Bertz CT molecular complexity index is 1930. The molecule has 3 aromatic carbocycles. The van der Waals surface area contributed by atoms with Crippen LogP contribution >= 0.6 is 11.6 Å². The Labute approximate surface area is 263 Å². The molecule has 12 nitrogen and oxygen atoms in total. The van der Waals surface area contributed by atoms with Gasteiger partial charge in [-0.15, -0.1) is 5.10 Å². The molecule has 1 N–H and O–H groups in total. The molecule has 0 aliphatic carbocycles. The van der Waals surface area contributed by atoms with E-state index in [4.69, 9.17) is 16.3 Å². The van der Waals surface area contributed by atoms with Crippen molar-refractivity contribution in [2.24, 2.45) is 0 Å². The second kappa shape index (κ2) is 13.2. The number of sulfonamides is 1. The van der Waals surface area contributed by atoms with Crippen LogP contribution in [0.15, 0.2) is 70.4 Å². The number of nitro groups is 1. The fourth-order valence-electron chi connectivity index (χ4n) is 4.47. The maximum absolute atomic E-state index is 15.6. The predicted octanol–water partition coefficient (Wildman–Crippen LogP) is 6.01. The smallest absolute Gasteiger partial charge is 0.421 e. The highest BCUT2D eigenvalue weighted by Gasteiger charge is 2.26. The van der Waals surface area contributed by atoms with Crippen molar-refractivity contribution < 1.29 is 27.3 Å². The van der Waals surface area contributed by atoms with E-state index in [-0.39, 0.29) is 44.5 Å². The van der Waals surface area contributed by atoms with Gasteiger partial charge in [0, 0.05) is 29.7 Å². The van der Waals surface area contributed by atoms with E-state index >= 15 is 4.39 Å².